The Morgan fingerprint density at radius 2 is 1.59 bits per heavy atom. The average Bonchev–Trinajstić information content (AvgIpc) is 2.70. The Labute approximate surface area is 102 Å². The Bertz CT molecular complexity index is 559. The summed E-state index contributed by atoms with van der Waals surface area (Å²) in [5.74, 6) is 0. The maximum absolute atomic E-state index is 11.0. The van der Waals surface area contributed by atoms with Gasteiger partial charge >= 0.3 is 0 Å². The third-order valence-corrected chi connectivity index (χ3v) is 3.81. The zero-order valence-corrected chi connectivity index (χ0v) is 9.98. The number of aryl methyl sites for hydroxylation is 2. The maximum atomic E-state index is 11.0. The summed E-state index contributed by atoms with van der Waals surface area (Å²) in [6.45, 7) is 2.06. The second kappa shape index (κ2) is 3.71. The number of fused-ring (bicyclic) bond motifs is 1. The van der Waals surface area contributed by atoms with Crippen LogP contribution in [0.3, 0.4) is 0 Å². The van der Waals surface area contributed by atoms with E-state index in [0.717, 1.165) is 29.5 Å². The monoisotopic (exact) mass is 224 g/mol. The van der Waals surface area contributed by atoms with Crippen molar-refractivity contribution in [2.75, 3.05) is 0 Å². The van der Waals surface area contributed by atoms with Crippen LogP contribution in [0.4, 0.5) is 0 Å². The molecule has 0 heterocycles. The van der Waals surface area contributed by atoms with Gasteiger partial charge in [-0.05, 0) is 42.0 Å². The molecule has 0 saturated heterocycles. The number of benzene rings is 2. The molecule has 2 aromatic carbocycles. The van der Waals surface area contributed by atoms with Gasteiger partial charge in [0.05, 0.1) is 0 Å². The van der Waals surface area contributed by atoms with Crippen LogP contribution in [0.25, 0.3) is 0 Å². The van der Waals surface area contributed by atoms with E-state index < -0.39 is 5.60 Å². The van der Waals surface area contributed by atoms with Crippen molar-refractivity contribution in [1.29, 1.82) is 0 Å². The minimum atomic E-state index is -0.790. The van der Waals surface area contributed by atoms with Gasteiger partial charge in [0.1, 0.15) is 5.60 Å². The van der Waals surface area contributed by atoms with Gasteiger partial charge in [-0.25, -0.2) is 0 Å². The Morgan fingerprint density at radius 3 is 2.35 bits per heavy atom. The van der Waals surface area contributed by atoms with Gasteiger partial charge in [0, 0.05) is 0 Å². The van der Waals surface area contributed by atoms with Crippen LogP contribution in [0.5, 0.6) is 0 Å². The molecule has 0 radical (unpaired) electrons. The van der Waals surface area contributed by atoms with Crippen molar-refractivity contribution in [2.24, 2.45) is 0 Å². The molecule has 0 saturated carbocycles. The number of hydrogen-bond acceptors (Lipinski definition) is 1. The van der Waals surface area contributed by atoms with Crippen molar-refractivity contribution in [2.45, 2.75) is 25.4 Å². The summed E-state index contributed by atoms with van der Waals surface area (Å²) in [7, 11) is 0. The second-order valence-electron chi connectivity index (χ2n) is 4.83. The normalized spacial score (nSPS) is 22.5. The third-order valence-electron chi connectivity index (χ3n) is 3.81. The van der Waals surface area contributed by atoms with E-state index in [4.69, 9.17) is 0 Å². The Hall–Kier alpha value is -1.60. The Kier molecular flexibility index (Phi) is 2.30. The van der Waals surface area contributed by atoms with Crippen LogP contribution < -0.4 is 0 Å². The van der Waals surface area contributed by atoms with Crippen molar-refractivity contribution in [3.63, 3.8) is 0 Å². The molecule has 1 aliphatic rings. The molecule has 1 aliphatic carbocycles. The Balaban J connectivity index is 2.19. The number of rotatable bonds is 1. The molecular weight excluding hydrogens is 208 g/mol. The molecule has 0 bridgehead atoms. The second-order valence-corrected chi connectivity index (χ2v) is 4.83. The average molecular weight is 224 g/mol. The van der Waals surface area contributed by atoms with Crippen molar-refractivity contribution in [3.05, 3.63) is 70.8 Å². The molecule has 0 aliphatic heterocycles. The highest BCUT2D eigenvalue weighted by Gasteiger charge is 2.38. The summed E-state index contributed by atoms with van der Waals surface area (Å²) in [5, 5.41) is 11.0. The predicted molar refractivity (Wildman–Crippen MR) is 68.9 cm³/mol. The van der Waals surface area contributed by atoms with Crippen molar-refractivity contribution < 1.29 is 5.11 Å². The van der Waals surface area contributed by atoms with E-state index in [1.165, 1.54) is 5.56 Å². The molecule has 1 N–H and O–H groups in total. The zero-order chi connectivity index (χ0) is 11.9. The molecule has 3 rings (SSSR count). The first-order chi connectivity index (χ1) is 8.22. The fraction of sp³-hybridized carbons (Fsp3) is 0.250. The molecule has 86 valence electrons. The zero-order valence-electron chi connectivity index (χ0n) is 9.98. The fourth-order valence-corrected chi connectivity index (χ4v) is 2.91. The van der Waals surface area contributed by atoms with Gasteiger partial charge in [0.2, 0.25) is 0 Å². The van der Waals surface area contributed by atoms with Gasteiger partial charge in [0.25, 0.3) is 0 Å². The lowest BCUT2D eigenvalue weighted by Gasteiger charge is -2.26. The highest BCUT2D eigenvalue weighted by atomic mass is 16.3. The van der Waals surface area contributed by atoms with Gasteiger partial charge in [-0.2, -0.15) is 0 Å². The van der Waals surface area contributed by atoms with Crippen LogP contribution in [0.2, 0.25) is 0 Å². The van der Waals surface area contributed by atoms with Crippen molar-refractivity contribution >= 4 is 0 Å². The first-order valence-corrected chi connectivity index (χ1v) is 6.09. The smallest absolute Gasteiger partial charge is 0.115 e. The lowest BCUT2D eigenvalue weighted by Crippen LogP contribution is -2.24. The minimum Gasteiger partial charge on any atom is -0.380 e. The molecule has 0 aromatic heterocycles. The predicted octanol–water partition coefficient (Wildman–Crippen LogP) is 3.18. The third kappa shape index (κ3) is 1.50. The molecule has 0 amide bonds. The fourth-order valence-electron chi connectivity index (χ4n) is 2.91. The topological polar surface area (TPSA) is 20.2 Å². The summed E-state index contributed by atoms with van der Waals surface area (Å²) in [4.78, 5) is 0. The van der Waals surface area contributed by atoms with E-state index in [1.807, 2.05) is 30.3 Å². The van der Waals surface area contributed by atoms with E-state index >= 15 is 0 Å². The summed E-state index contributed by atoms with van der Waals surface area (Å²) in [6.07, 6.45) is 1.75. The maximum Gasteiger partial charge on any atom is 0.115 e. The van der Waals surface area contributed by atoms with Crippen LogP contribution in [0.1, 0.15) is 28.7 Å². The van der Waals surface area contributed by atoms with Crippen LogP contribution in [0.15, 0.2) is 48.5 Å². The molecule has 1 unspecified atom stereocenters. The first kappa shape index (κ1) is 10.5. The number of aliphatic hydroxyl groups is 1. The summed E-state index contributed by atoms with van der Waals surface area (Å²) in [6, 6.07) is 16.3. The quantitative estimate of drug-likeness (QED) is 0.788. The van der Waals surface area contributed by atoms with Gasteiger partial charge in [-0.15, -0.1) is 0 Å². The van der Waals surface area contributed by atoms with Crippen LogP contribution >= 0.6 is 0 Å². The molecule has 1 atom stereocenters. The van der Waals surface area contributed by atoms with E-state index in [0.29, 0.717) is 0 Å². The lowest BCUT2D eigenvalue weighted by molar-refractivity contribution is 0.0823. The summed E-state index contributed by atoms with van der Waals surface area (Å²) >= 11 is 0. The van der Waals surface area contributed by atoms with Crippen LogP contribution in [-0.2, 0) is 12.0 Å². The van der Waals surface area contributed by atoms with E-state index in [-0.39, 0.29) is 0 Å². The van der Waals surface area contributed by atoms with Gasteiger partial charge in [0.15, 0.2) is 0 Å². The van der Waals surface area contributed by atoms with Crippen LogP contribution in [-0.4, -0.2) is 5.11 Å². The van der Waals surface area contributed by atoms with E-state index in [2.05, 4.69) is 25.1 Å². The van der Waals surface area contributed by atoms with Crippen molar-refractivity contribution in [1.82, 2.24) is 0 Å². The molecule has 1 heteroatoms. The van der Waals surface area contributed by atoms with Gasteiger partial charge in [-0.1, -0.05) is 48.5 Å². The van der Waals surface area contributed by atoms with Crippen LogP contribution in [0, 0.1) is 6.92 Å². The van der Waals surface area contributed by atoms with E-state index in [9.17, 15) is 5.11 Å². The molecular formula is C16H16O. The van der Waals surface area contributed by atoms with E-state index in [1.54, 1.807) is 0 Å². The van der Waals surface area contributed by atoms with Gasteiger partial charge < -0.3 is 5.11 Å². The van der Waals surface area contributed by atoms with Gasteiger partial charge in [-0.3, -0.25) is 0 Å². The highest BCUT2D eigenvalue weighted by molar-refractivity contribution is 5.47. The molecule has 17 heavy (non-hydrogen) atoms. The minimum absolute atomic E-state index is 0.789. The first-order valence-electron chi connectivity index (χ1n) is 6.09. The lowest BCUT2D eigenvalue weighted by atomic mass is 9.85. The van der Waals surface area contributed by atoms with Crippen molar-refractivity contribution in [3.8, 4) is 0 Å². The molecule has 1 nitrogen and oxygen atoms in total. The molecule has 0 fully saturated rings. The molecule has 0 spiro atoms. The molecule has 2 aromatic rings. The summed E-state index contributed by atoms with van der Waals surface area (Å²) in [5.41, 5.74) is 3.77. The Morgan fingerprint density at radius 1 is 0.941 bits per heavy atom. The largest absolute Gasteiger partial charge is 0.380 e. The standard InChI is InChI=1S/C16H16O/c1-12-6-2-4-8-14(12)16(17)11-10-13-7-3-5-9-15(13)16/h2-9,17H,10-11H2,1H3. The summed E-state index contributed by atoms with van der Waals surface area (Å²) < 4.78 is 0. The highest BCUT2D eigenvalue weighted by Crippen LogP contribution is 2.42. The SMILES string of the molecule is Cc1ccccc1C1(O)CCc2ccccc21. The number of hydrogen-bond donors (Lipinski definition) is 1.